The number of hydrogen-bond acceptors (Lipinski definition) is 4. The first kappa shape index (κ1) is 25.1. The average molecular weight is 508 g/mol. The van der Waals surface area contributed by atoms with Crippen molar-refractivity contribution in [2.75, 3.05) is 26.2 Å². The summed E-state index contributed by atoms with van der Waals surface area (Å²) < 4.78 is 41.0. The van der Waals surface area contributed by atoms with Crippen LogP contribution in [-0.4, -0.2) is 49.7 Å². The van der Waals surface area contributed by atoms with E-state index in [1.165, 1.54) is 40.9 Å². The molecule has 1 amide bonds. The zero-order valence-corrected chi connectivity index (χ0v) is 20.8. The maximum absolute atomic E-state index is 14.1. The number of sulfonamides is 1. The predicted molar refractivity (Wildman–Crippen MR) is 131 cm³/mol. The molecule has 0 radical (unpaired) electrons. The van der Waals surface area contributed by atoms with Gasteiger partial charge in [-0.15, -0.1) is 0 Å². The Morgan fingerprint density at radius 3 is 2.35 bits per heavy atom. The molecule has 4 rings (SSSR count). The lowest BCUT2D eigenvalue weighted by molar-refractivity contribution is -0.126. The molecule has 0 spiro atoms. The van der Waals surface area contributed by atoms with Crippen LogP contribution < -0.4 is 5.32 Å². The van der Waals surface area contributed by atoms with Crippen molar-refractivity contribution in [2.45, 2.75) is 44.5 Å². The maximum Gasteiger partial charge on any atom is 0.223 e. The average Bonchev–Trinajstić information content (AvgIpc) is 3.34. The van der Waals surface area contributed by atoms with E-state index in [2.05, 4.69) is 22.3 Å². The fourth-order valence-corrected chi connectivity index (χ4v) is 6.65. The number of amides is 1. The summed E-state index contributed by atoms with van der Waals surface area (Å²) in [6, 6.07) is 12.3. The van der Waals surface area contributed by atoms with E-state index >= 15 is 0 Å². The van der Waals surface area contributed by atoms with Crippen molar-refractivity contribution < 1.29 is 17.6 Å². The summed E-state index contributed by atoms with van der Waals surface area (Å²) in [4.78, 5) is 15.2. The molecule has 1 N–H and O–H groups in total. The van der Waals surface area contributed by atoms with Crippen molar-refractivity contribution in [2.24, 2.45) is 5.92 Å². The number of nitrogens with one attached hydrogen (secondary N) is 1. The van der Waals surface area contributed by atoms with E-state index in [9.17, 15) is 17.6 Å². The molecule has 0 aliphatic carbocycles. The van der Waals surface area contributed by atoms with E-state index in [1.54, 1.807) is 0 Å². The first-order valence-corrected chi connectivity index (χ1v) is 13.8. The third-order valence-corrected chi connectivity index (χ3v) is 8.93. The lowest BCUT2D eigenvalue weighted by Gasteiger charge is -2.30. The van der Waals surface area contributed by atoms with Crippen molar-refractivity contribution in [3.05, 3.63) is 70.0 Å². The van der Waals surface area contributed by atoms with Gasteiger partial charge in [-0.3, -0.25) is 9.69 Å². The summed E-state index contributed by atoms with van der Waals surface area (Å²) in [6.45, 7) is 4.06. The van der Waals surface area contributed by atoms with Gasteiger partial charge in [-0.2, -0.15) is 0 Å². The molecule has 0 aromatic heterocycles. The number of benzene rings is 2. The van der Waals surface area contributed by atoms with Gasteiger partial charge in [0.05, 0.1) is 5.75 Å². The molecule has 2 aliphatic heterocycles. The number of carbonyl (C=O) groups is 1. The molecule has 0 bridgehead atoms. The van der Waals surface area contributed by atoms with Crippen LogP contribution in [0.4, 0.5) is 4.39 Å². The Kier molecular flexibility index (Phi) is 8.24. The number of rotatable bonds is 8. The van der Waals surface area contributed by atoms with Gasteiger partial charge in [-0.25, -0.2) is 17.1 Å². The van der Waals surface area contributed by atoms with Gasteiger partial charge in [0.25, 0.3) is 0 Å². The third kappa shape index (κ3) is 6.16. The van der Waals surface area contributed by atoms with Gasteiger partial charge in [-0.1, -0.05) is 41.9 Å². The monoisotopic (exact) mass is 507 g/mol. The molecular formula is C25H31ClFN3O3S. The van der Waals surface area contributed by atoms with Crippen molar-refractivity contribution >= 4 is 27.5 Å². The molecule has 0 atom stereocenters. The van der Waals surface area contributed by atoms with Crippen LogP contribution in [0.5, 0.6) is 0 Å². The lowest BCUT2D eigenvalue weighted by atomic mass is 9.97. The SMILES string of the molecule is O=C(NCc1ccccc1CN1CCCC1)C1CCN(S(=O)(=O)Cc2c(F)cccc2Cl)CC1. The molecular weight excluding hydrogens is 477 g/mol. The standard InChI is InChI=1S/C25H31ClFN3O3S/c26-23-8-5-9-24(27)22(23)18-34(32,33)30-14-10-19(11-15-30)25(31)28-16-20-6-1-2-7-21(20)17-29-12-3-4-13-29/h1-2,5-9,19H,3-4,10-18H2,(H,28,31). The molecule has 0 saturated carbocycles. The fraction of sp³-hybridized carbons (Fsp3) is 0.480. The van der Waals surface area contributed by atoms with E-state index in [0.29, 0.717) is 19.4 Å². The van der Waals surface area contributed by atoms with E-state index in [4.69, 9.17) is 11.6 Å². The topological polar surface area (TPSA) is 69.7 Å². The minimum absolute atomic E-state index is 0.0170. The zero-order chi connectivity index (χ0) is 24.1. The Morgan fingerprint density at radius 1 is 1.00 bits per heavy atom. The summed E-state index contributed by atoms with van der Waals surface area (Å²) in [5.74, 6) is -1.40. The zero-order valence-electron chi connectivity index (χ0n) is 19.2. The van der Waals surface area contributed by atoms with Crippen LogP contribution in [0.3, 0.4) is 0 Å². The molecule has 2 saturated heterocycles. The summed E-state index contributed by atoms with van der Waals surface area (Å²) in [5, 5.41) is 3.15. The molecule has 9 heteroatoms. The maximum atomic E-state index is 14.1. The Hall–Kier alpha value is -2.00. The summed E-state index contributed by atoms with van der Waals surface area (Å²) in [5.41, 5.74) is 2.33. The van der Waals surface area contributed by atoms with E-state index in [-0.39, 0.29) is 35.5 Å². The normalized spacial score (nSPS) is 18.3. The second-order valence-corrected chi connectivity index (χ2v) is 11.5. The molecule has 2 aromatic carbocycles. The summed E-state index contributed by atoms with van der Waals surface area (Å²) in [7, 11) is -3.73. The van der Waals surface area contributed by atoms with Crippen molar-refractivity contribution in [1.29, 1.82) is 0 Å². The van der Waals surface area contributed by atoms with Crippen LogP contribution in [-0.2, 0) is 33.7 Å². The second-order valence-electron chi connectivity index (χ2n) is 9.10. The van der Waals surface area contributed by atoms with Gasteiger partial charge in [0, 0.05) is 42.7 Å². The lowest BCUT2D eigenvalue weighted by Crippen LogP contribution is -2.43. The quantitative estimate of drug-likeness (QED) is 0.587. The molecule has 2 aliphatic rings. The van der Waals surface area contributed by atoms with Crippen molar-refractivity contribution in [3.63, 3.8) is 0 Å². The highest BCUT2D eigenvalue weighted by Crippen LogP contribution is 2.26. The second kappa shape index (κ2) is 11.2. The molecule has 0 unspecified atom stereocenters. The largest absolute Gasteiger partial charge is 0.352 e. The predicted octanol–water partition coefficient (Wildman–Crippen LogP) is 3.93. The Labute approximate surface area is 206 Å². The first-order chi connectivity index (χ1) is 16.3. The van der Waals surface area contributed by atoms with E-state index in [1.807, 2.05) is 12.1 Å². The van der Waals surface area contributed by atoms with E-state index < -0.39 is 21.6 Å². The van der Waals surface area contributed by atoms with Crippen LogP contribution in [0.2, 0.25) is 5.02 Å². The number of likely N-dealkylation sites (tertiary alicyclic amines) is 1. The van der Waals surface area contributed by atoms with E-state index in [0.717, 1.165) is 25.2 Å². The molecule has 2 fully saturated rings. The third-order valence-electron chi connectivity index (χ3n) is 6.77. The highest BCUT2D eigenvalue weighted by Gasteiger charge is 2.32. The van der Waals surface area contributed by atoms with Crippen molar-refractivity contribution in [3.8, 4) is 0 Å². The molecule has 2 heterocycles. The number of hydrogen-bond donors (Lipinski definition) is 1. The van der Waals surface area contributed by atoms with Gasteiger partial charge in [0.2, 0.25) is 15.9 Å². The number of carbonyl (C=O) groups excluding carboxylic acids is 1. The van der Waals surface area contributed by atoms with Crippen LogP contribution in [0.25, 0.3) is 0 Å². The smallest absolute Gasteiger partial charge is 0.223 e. The molecule has 2 aromatic rings. The molecule has 184 valence electrons. The number of halogens is 2. The minimum Gasteiger partial charge on any atom is -0.352 e. The summed E-state index contributed by atoms with van der Waals surface area (Å²) >= 11 is 6.00. The first-order valence-electron chi connectivity index (χ1n) is 11.8. The Bertz CT molecular complexity index is 1090. The fourth-order valence-electron chi connectivity index (χ4n) is 4.73. The Morgan fingerprint density at radius 2 is 1.68 bits per heavy atom. The number of nitrogens with zero attached hydrogens (tertiary/aromatic N) is 2. The molecule has 34 heavy (non-hydrogen) atoms. The van der Waals surface area contributed by atoms with Gasteiger partial charge < -0.3 is 5.32 Å². The van der Waals surface area contributed by atoms with Crippen LogP contribution >= 0.6 is 11.6 Å². The van der Waals surface area contributed by atoms with Crippen LogP contribution in [0.1, 0.15) is 42.4 Å². The highest BCUT2D eigenvalue weighted by atomic mass is 35.5. The Balaban J connectivity index is 1.29. The van der Waals surface area contributed by atoms with Crippen LogP contribution in [0, 0.1) is 11.7 Å². The van der Waals surface area contributed by atoms with Gasteiger partial charge in [0.1, 0.15) is 5.82 Å². The summed E-state index contributed by atoms with van der Waals surface area (Å²) in [6.07, 6.45) is 3.35. The minimum atomic E-state index is -3.73. The van der Waals surface area contributed by atoms with Crippen LogP contribution in [0.15, 0.2) is 42.5 Å². The van der Waals surface area contributed by atoms with Gasteiger partial charge in [-0.05, 0) is 62.0 Å². The van der Waals surface area contributed by atoms with Gasteiger partial charge in [0.15, 0.2) is 0 Å². The highest BCUT2D eigenvalue weighted by molar-refractivity contribution is 7.88. The molecule has 6 nitrogen and oxygen atoms in total. The van der Waals surface area contributed by atoms with Gasteiger partial charge >= 0.3 is 0 Å². The number of piperidine rings is 1. The van der Waals surface area contributed by atoms with Crippen molar-refractivity contribution in [1.82, 2.24) is 14.5 Å².